The maximum Gasteiger partial charge on any atom is 0.417 e. The zero-order valence-electron chi connectivity index (χ0n) is 14.6. The quantitative estimate of drug-likeness (QED) is 0.631. The monoisotopic (exact) mass is 450 g/mol. The van der Waals surface area contributed by atoms with Crippen molar-refractivity contribution in [3.05, 3.63) is 46.3 Å². The average Bonchev–Trinajstić information content (AvgIpc) is 3.26. The molecule has 1 amide bonds. The summed E-state index contributed by atoms with van der Waals surface area (Å²) in [5.41, 5.74) is -0.848. The Morgan fingerprint density at radius 2 is 2.11 bits per heavy atom. The van der Waals surface area contributed by atoms with Gasteiger partial charge in [0.05, 0.1) is 34.4 Å². The summed E-state index contributed by atoms with van der Waals surface area (Å²) in [6.07, 6.45) is -3.33. The molecule has 1 aliphatic heterocycles. The van der Waals surface area contributed by atoms with Gasteiger partial charge in [-0.3, -0.25) is 4.79 Å². The lowest BCUT2D eigenvalue weighted by molar-refractivity contribution is -0.138. The number of aromatic nitrogens is 1. The van der Waals surface area contributed by atoms with E-state index >= 15 is 0 Å². The number of hydrogen-bond acceptors (Lipinski definition) is 6. The maximum atomic E-state index is 12.8. The summed E-state index contributed by atoms with van der Waals surface area (Å²) >= 11 is 2.51. The van der Waals surface area contributed by atoms with Gasteiger partial charge in [0.1, 0.15) is 0 Å². The van der Waals surface area contributed by atoms with Crippen molar-refractivity contribution in [2.75, 3.05) is 17.3 Å². The van der Waals surface area contributed by atoms with E-state index in [9.17, 15) is 26.4 Å². The van der Waals surface area contributed by atoms with Crippen LogP contribution in [-0.2, 0) is 27.4 Å². The van der Waals surface area contributed by atoms with Crippen LogP contribution in [0.2, 0.25) is 0 Å². The number of halogens is 3. The van der Waals surface area contributed by atoms with Gasteiger partial charge in [-0.15, -0.1) is 11.3 Å². The molecule has 0 radical (unpaired) electrons. The molecule has 3 rings (SSSR count). The standard InChI is InChI=1S/C17H17F3N2O3S3/c18-17(19,20)12-3-4-15(21-8-12)27-10-16(23)22(9-14-2-1-6-26-14)13-5-7-28(24,25)11-13/h1-4,6,8,13H,5,7,9-11H2. The molecule has 2 aromatic heterocycles. The normalized spacial score (nSPS) is 18.9. The largest absolute Gasteiger partial charge is 0.417 e. The lowest BCUT2D eigenvalue weighted by atomic mass is 10.2. The fourth-order valence-electron chi connectivity index (χ4n) is 2.86. The number of rotatable bonds is 6. The third kappa shape index (κ3) is 5.48. The van der Waals surface area contributed by atoms with Crippen LogP contribution in [0.1, 0.15) is 16.9 Å². The fraction of sp³-hybridized carbons (Fsp3) is 0.412. The fourth-order valence-corrected chi connectivity index (χ4v) is 6.03. The number of carbonyl (C=O) groups excluding carboxylic acids is 1. The van der Waals surface area contributed by atoms with Crippen molar-refractivity contribution in [2.45, 2.75) is 30.2 Å². The lowest BCUT2D eigenvalue weighted by Crippen LogP contribution is -2.41. The number of pyridine rings is 1. The number of hydrogen-bond donors (Lipinski definition) is 0. The first-order valence-corrected chi connectivity index (χ1v) is 12.0. The molecule has 1 fully saturated rings. The zero-order valence-corrected chi connectivity index (χ0v) is 17.0. The highest BCUT2D eigenvalue weighted by atomic mass is 32.2. The van der Waals surface area contributed by atoms with E-state index in [1.165, 1.54) is 17.4 Å². The molecule has 11 heteroatoms. The molecule has 0 N–H and O–H groups in total. The summed E-state index contributed by atoms with van der Waals surface area (Å²) in [7, 11) is -3.15. The van der Waals surface area contributed by atoms with Crippen LogP contribution in [0.3, 0.4) is 0 Å². The minimum atomic E-state index is -4.46. The average molecular weight is 451 g/mol. The summed E-state index contributed by atoms with van der Waals surface area (Å²) in [5, 5.41) is 2.18. The van der Waals surface area contributed by atoms with E-state index in [-0.39, 0.29) is 29.2 Å². The minimum Gasteiger partial charge on any atom is -0.333 e. The van der Waals surface area contributed by atoms with Crippen LogP contribution in [0.15, 0.2) is 40.9 Å². The van der Waals surface area contributed by atoms with E-state index in [4.69, 9.17) is 0 Å². The first-order valence-electron chi connectivity index (χ1n) is 8.32. The molecule has 1 unspecified atom stereocenters. The van der Waals surface area contributed by atoms with Crippen molar-refractivity contribution in [2.24, 2.45) is 0 Å². The van der Waals surface area contributed by atoms with Gasteiger partial charge in [0.2, 0.25) is 5.91 Å². The first kappa shape index (κ1) is 21.1. The summed E-state index contributed by atoms with van der Waals surface area (Å²) < 4.78 is 61.4. The molecule has 3 heterocycles. The van der Waals surface area contributed by atoms with Crippen LogP contribution in [-0.4, -0.2) is 47.5 Å². The zero-order chi connectivity index (χ0) is 20.4. The van der Waals surface area contributed by atoms with E-state index in [1.54, 1.807) is 4.90 Å². The van der Waals surface area contributed by atoms with Crippen LogP contribution in [0, 0.1) is 0 Å². The molecular weight excluding hydrogens is 433 g/mol. The van der Waals surface area contributed by atoms with Crippen molar-refractivity contribution in [1.29, 1.82) is 0 Å². The number of carbonyl (C=O) groups is 1. The molecule has 0 bridgehead atoms. The van der Waals surface area contributed by atoms with Crippen molar-refractivity contribution in [3.8, 4) is 0 Å². The smallest absolute Gasteiger partial charge is 0.333 e. The van der Waals surface area contributed by atoms with Crippen molar-refractivity contribution in [1.82, 2.24) is 9.88 Å². The molecule has 5 nitrogen and oxygen atoms in total. The second kappa shape index (κ2) is 8.42. The third-order valence-electron chi connectivity index (χ3n) is 4.28. The van der Waals surface area contributed by atoms with Crippen molar-refractivity contribution in [3.63, 3.8) is 0 Å². The van der Waals surface area contributed by atoms with Crippen LogP contribution in [0.4, 0.5) is 13.2 Å². The molecule has 0 aromatic carbocycles. The number of sulfone groups is 1. The highest BCUT2D eigenvalue weighted by molar-refractivity contribution is 7.99. The number of thiophene rings is 1. The predicted molar refractivity (Wildman–Crippen MR) is 102 cm³/mol. The Hall–Kier alpha value is -1.59. The number of amides is 1. The van der Waals surface area contributed by atoms with Crippen LogP contribution in [0.25, 0.3) is 0 Å². The van der Waals surface area contributed by atoms with E-state index in [1.807, 2.05) is 17.5 Å². The van der Waals surface area contributed by atoms with E-state index in [0.717, 1.165) is 28.9 Å². The Labute approximate surface area is 168 Å². The van der Waals surface area contributed by atoms with Gasteiger partial charge in [0, 0.05) is 17.1 Å². The SMILES string of the molecule is O=C(CSc1ccc(C(F)(F)F)cn1)N(Cc1cccs1)C1CCS(=O)(=O)C1. The van der Waals surface area contributed by atoms with Gasteiger partial charge in [-0.05, 0) is 30.0 Å². The van der Waals surface area contributed by atoms with Gasteiger partial charge in [-0.1, -0.05) is 17.8 Å². The molecule has 152 valence electrons. The Bertz CT molecular complexity index is 913. The van der Waals surface area contributed by atoms with Gasteiger partial charge in [-0.2, -0.15) is 13.2 Å². The van der Waals surface area contributed by atoms with E-state index < -0.39 is 21.6 Å². The Morgan fingerprint density at radius 3 is 2.64 bits per heavy atom. The van der Waals surface area contributed by atoms with Crippen LogP contribution in [0.5, 0.6) is 0 Å². The molecule has 0 saturated carbocycles. The topological polar surface area (TPSA) is 67.3 Å². The van der Waals surface area contributed by atoms with E-state index in [0.29, 0.717) is 18.0 Å². The first-order chi connectivity index (χ1) is 13.1. The summed E-state index contributed by atoms with van der Waals surface area (Å²) in [5.74, 6) is -0.296. The molecule has 1 saturated heterocycles. The predicted octanol–water partition coefficient (Wildman–Crippen LogP) is 3.47. The molecule has 0 spiro atoms. The van der Waals surface area contributed by atoms with Gasteiger partial charge < -0.3 is 4.90 Å². The third-order valence-corrected chi connectivity index (χ3v) is 7.82. The molecule has 0 aliphatic carbocycles. The highest BCUT2D eigenvalue weighted by Crippen LogP contribution is 2.30. The lowest BCUT2D eigenvalue weighted by Gasteiger charge is -2.27. The van der Waals surface area contributed by atoms with Crippen molar-refractivity contribution >= 4 is 38.8 Å². The van der Waals surface area contributed by atoms with Crippen molar-refractivity contribution < 1.29 is 26.4 Å². The van der Waals surface area contributed by atoms with Crippen LogP contribution >= 0.6 is 23.1 Å². The number of alkyl halides is 3. The molecule has 1 aliphatic rings. The molecule has 28 heavy (non-hydrogen) atoms. The van der Waals surface area contributed by atoms with Gasteiger partial charge in [0.25, 0.3) is 0 Å². The molecule has 1 atom stereocenters. The van der Waals surface area contributed by atoms with Gasteiger partial charge in [-0.25, -0.2) is 13.4 Å². The Balaban J connectivity index is 1.67. The Morgan fingerprint density at radius 1 is 1.32 bits per heavy atom. The second-order valence-electron chi connectivity index (χ2n) is 6.33. The van der Waals surface area contributed by atoms with Gasteiger partial charge >= 0.3 is 6.18 Å². The van der Waals surface area contributed by atoms with E-state index in [2.05, 4.69) is 4.98 Å². The minimum absolute atomic E-state index is 0.0275. The second-order valence-corrected chi connectivity index (χ2v) is 10.6. The summed E-state index contributed by atoms with van der Waals surface area (Å²) in [6, 6.07) is 5.49. The highest BCUT2D eigenvalue weighted by Gasteiger charge is 2.35. The molecular formula is C17H17F3N2O3S3. The molecule has 2 aromatic rings. The van der Waals surface area contributed by atoms with Gasteiger partial charge in [0.15, 0.2) is 9.84 Å². The summed E-state index contributed by atoms with van der Waals surface area (Å²) in [6.45, 7) is 0.317. The summed E-state index contributed by atoms with van der Waals surface area (Å²) in [4.78, 5) is 19.0. The maximum absolute atomic E-state index is 12.8. The number of thioether (sulfide) groups is 1. The van der Waals surface area contributed by atoms with Crippen LogP contribution < -0.4 is 0 Å². The Kier molecular flexibility index (Phi) is 6.35. The number of nitrogens with zero attached hydrogens (tertiary/aromatic N) is 2.